The van der Waals surface area contributed by atoms with Crippen molar-refractivity contribution in [2.45, 2.75) is 45.1 Å². The third kappa shape index (κ3) is 9.88. The van der Waals surface area contributed by atoms with Crippen LogP contribution in [0.3, 0.4) is 0 Å². The highest BCUT2D eigenvalue weighted by Gasteiger charge is 2.24. The van der Waals surface area contributed by atoms with Crippen molar-refractivity contribution in [2.24, 2.45) is 0 Å². The highest BCUT2D eigenvalue weighted by molar-refractivity contribution is 9.09. The molecule has 0 fully saturated rings. The Labute approximate surface area is 125 Å². The van der Waals surface area contributed by atoms with Crippen molar-refractivity contribution >= 4 is 43.8 Å². The van der Waals surface area contributed by atoms with Crippen molar-refractivity contribution in [3.05, 3.63) is 0 Å². The summed E-state index contributed by atoms with van der Waals surface area (Å²) in [6, 6.07) is 0. The van der Waals surface area contributed by atoms with Crippen molar-refractivity contribution < 1.29 is 19.1 Å². The van der Waals surface area contributed by atoms with E-state index >= 15 is 0 Å². The Morgan fingerprint density at radius 3 is 2.00 bits per heavy atom. The largest absolute Gasteiger partial charge is 0.461 e. The van der Waals surface area contributed by atoms with Crippen LogP contribution in [0.25, 0.3) is 0 Å². The molecule has 4 nitrogen and oxygen atoms in total. The van der Waals surface area contributed by atoms with Gasteiger partial charge in [0.15, 0.2) is 0 Å². The van der Waals surface area contributed by atoms with E-state index in [1.807, 2.05) is 0 Å². The quantitative estimate of drug-likeness (QED) is 0.450. The molecule has 0 saturated heterocycles. The Balaban J connectivity index is 3.91. The maximum Gasteiger partial charge on any atom is 0.306 e. The smallest absolute Gasteiger partial charge is 0.306 e. The molecule has 0 aromatic heterocycles. The molecule has 0 aliphatic carbocycles. The second-order valence-electron chi connectivity index (χ2n) is 4.48. The van der Waals surface area contributed by atoms with Crippen molar-refractivity contribution in [1.29, 1.82) is 0 Å². The topological polar surface area (TPSA) is 52.6 Å². The lowest BCUT2D eigenvalue weighted by Crippen LogP contribution is -2.34. The maximum atomic E-state index is 11.4. The molecule has 6 heteroatoms. The third-order valence-electron chi connectivity index (χ3n) is 2.00. The van der Waals surface area contributed by atoms with Gasteiger partial charge >= 0.3 is 11.9 Å². The van der Waals surface area contributed by atoms with E-state index in [1.54, 1.807) is 13.8 Å². The van der Waals surface area contributed by atoms with Crippen LogP contribution in [0.1, 0.15) is 39.5 Å². The molecule has 0 N–H and O–H groups in total. The lowest BCUT2D eigenvalue weighted by molar-refractivity contribution is -0.168. The monoisotopic (exact) mass is 386 g/mol. The van der Waals surface area contributed by atoms with E-state index in [1.165, 1.54) is 0 Å². The molecule has 0 spiro atoms. The molecule has 0 bridgehead atoms. The van der Waals surface area contributed by atoms with Gasteiger partial charge in [0.05, 0.1) is 0 Å². The van der Waals surface area contributed by atoms with Crippen molar-refractivity contribution in [3.8, 4) is 0 Å². The molecule has 0 unspecified atom stereocenters. The van der Waals surface area contributed by atoms with Gasteiger partial charge in [-0.05, 0) is 26.7 Å². The first-order valence-corrected chi connectivity index (χ1v) is 8.15. The first-order valence-electron chi connectivity index (χ1n) is 5.90. The SMILES string of the molecule is CC(C)(COC(=O)CCCBr)OC(=O)CCCBr. The summed E-state index contributed by atoms with van der Waals surface area (Å²) in [6.45, 7) is 3.56. The van der Waals surface area contributed by atoms with Gasteiger partial charge < -0.3 is 9.47 Å². The number of ether oxygens (including phenoxy) is 2. The summed E-state index contributed by atoms with van der Waals surface area (Å²) in [5.74, 6) is -0.532. The first-order chi connectivity index (χ1) is 8.41. The Morgan fingerprint density at radius 2 is 1.50 bits per heavy atom. The fourth-order valence-electron chi connectivity index (χ4n) is 1.14. The fraction of sp³-hybridized carbons (Fsp3) is 0.833. The van der Waals surface area contributed by atoms with E-state index in [2.05, 4.69) is 31.9 Å². The van der Waals surface area contributed by atoms with Crippen LogP contribution < -0.4 is 0 Å². The summed E-state index contributed by atoms with van der Waals surface area (Å²) >= 11 is 6.49. The van der Waals surface area contributed by atoms with E-state index in [-0.39, 0.29) is 18.5 Å². The zero-order chi connectivity index (χ0) is 14.0. The second kappa shape index (κ2) is 9.78. The predicted octanol–water partition coefficient (Wildman–Crippen LogP) is 3.20. The molecule has 0 aromatic carbocycles. The molecular formula is C12H20Br2O4. The Morgan fingerprint density at radius 1 is 1.00 bits per heavy atom. The standard InChI is InChI=1S/C12H20Br2O4/c1-12(2,18-11(16)6-4-8-14)9-17-10(15)5-3-7-13/h3-9H2,1-2H3. The van der Waals surface area contributed by atoms with Gasteiger partial charge in [-0.2, -0.15) is 0 Å². The number of hydrogen-bond acceptors (Lipinski definition) is 4. The second-order valence-corrected chi connectivity index (χ2v) is 6.07. The molecule has 0 amide bonds. The van der Waals surface area contributed by atoms with Crippen LogP contribution in [0.4, 0.5) is 0 Å². The van der Waals surface area contributed by atoms with Gasteiger partial charge in [-0.1, -0.05) is 31.9 Å². The molecule has 0 aliphatic heterocycles. The zero-order valence-electron chi connectivity index (χ0n) is 10.8. The average molecular weight is 388 g/mol. The number of carbonyl (C=O) groups excluding carboxylic acids is 2. The van der Waals surface area contributed by atoms with Gasteiger partial charge in [0.1, 0.15) is 12.2 Å². The number of carbonyl (C=O) groups is 2. The molecule has 0 aliphatic rings. The van der Waals surface area contributed by atoms with Crippen LogP contribution >= 0.6 is 31.9 Å². The predicted molar refractivity (Wildman–Crippen MR) is 77.2 cm³/mol. The summed E-state index contributed by atoms with van der Waals surface area (Å²) in [7, 11) is 0. The lowest BCUT2D eigenvalue weighted by atomic mass is 10.1. The molecular weight excluding hydrogens is 368 g/mol. The molecule has 0 aromatic rings. The molecule has 0 saturated carbocycles. The molecule has 0 atom stereocenters. The molecule has 0 rings (SSSR count). The fourth-order valence-corrected chi connectivity index (χ4v) is 1.70. The number of halogens is 2. The normalized spacial score (nSPS) is 11.1. The van der Waals surface area contributed by atoms with E-state index in [9.17, 15) is 9.59 Å². The minimum atomic E-state index is -0.770. The van der Waals surface area contributed by atoms with Gasteiger partial charge in [-0.15, -0.1) is 0 Å². The number of alkyl halides is 2. The van der Waals surface area contributed by atoms with Crippen molar-refractivity contribution in [3.63, 3.8) is 0 Å². The van der Waals surface area contributed by atoms with Gasteiger partial charge in [-0.3, -0.25) is 9.59 Å². The summed E-state index contributed by atoms with van der Waals surface area (Å²) in [4.78, 5) is 22.8. The Bertz CT molecular complexity index is 267. The lowest BCUT2D eigenvalue weighted by Gasteiger charge is -2.24. The van der Waals surface area contributed by atoms with Gasteiger partial charge in [0, 0.05) is 23.5 Å². The van der Waals surface area contributed by atoms with E-state index in [0.29, 0.717) is 12.8 Å². The maximum absolute atomic E-state index is 11.4. The van der Waals surface area contributed by atoms with Crippen LogP contribution in [0.5, 0.6) is 0 Å². The van der Waals surface area contributed by atoms with Crippen LogP contribution in [-0.4, -0.2) is 34.8 Å². The minimum absolute atomic E-state index is 0.0914. The van der Waals surface area contributed by atoms with Gasteiger partial charge in [0.25, 0.3) is 0 Å². The molecule has 106 valence electrons. The first kappa shape index (κ1) is 17.9. The highest BCUT2D eigenvalue weighted by atomic mass is 79.9. The molecule has 0 heterocycles. The van der Waals surface area contributed by atoms with Crippen LogP contribution in [0.2, 0.25) is 0 Å². The summed E-state index contributed by atoms with van der Waals surface area (Å²) in [5, 5.41) is 1.54. The molecule has 0 radical (unpaired) electrons. The van der Waals surface area contributed by atoms with Crippen LogP contribution in [-0.2, 0) is 19.1 Å². The average Bonchev–Trinajstić information content (AvgIpc) is 2.30. The highest BCUT2D eigenvalue weighted by Crippen LogP contribution is 2.13. The van der Waals surface area contributed by atoms with Crippen molar-refractivity contribution in [1.82, 2.24) is 0 Å². The van der Waals surface area contributed by atoms with Crippen LogP contribution in [0, 0.1) is 0 Å². The van der Waals surface area contributed by atoms with Crippen molar-refractivity contribution in [2.75, 3.05) is 17.3 Å². The Kier molecular flexibility index (Phi) is 9.73. The number of rotatable bonds is 9. The third-order valence-corrected chi connectivity index (χ3v) is 3.12. The zero-order valence-corrected chi connectivity index (χ0v) is 14.0. The van der Waals surface area contributed by atoms with Gasteiger partial charge in [-0.25, -0.2) is 0 Å². The number of hydrogen-bond donors (Lipinski definition) is 0. The van der Waals surface area contributed by atoms with Gasteiger partial charge in [0.2, 0.25) is 0 Å². The van der Waals surface area contributed by atoms with Crippen LogP contribution in [0.15, 0.2) is 0 Å². The minimum Gasteiger partial charge on any atom is -0.461 e. The van der Waals surface area contributed by atoms with E-state index in [4.69, 9.17) is 9.47 Å². The van der Waals surface area contributed by atoms with E-state index in [0.717, 1.165) is 23.5 Å². The number of esters is 2. The summed E-state index contributed by atoms with van der Waals surface area (Å²) in [6.07, 6.45) is 2.22. The van der Waals surface area contributed by atoms with E-state index < -0.39 is 5.60 Å². The Hall–Kier alpha value is -0.100. The summed E-state index contributed by atoms with van der Waals surface area (Å²) < 4.78 is 10.3. The molecule has 18 heavy (non-hydrogen) atoms. The summed E-state index contributed by atoms with van der Waals surface area (Å²) in [5.41, 5.74) is -0.770.